The zero-order chi connectivity index (χ0) is 15.6. The lowest BCUT2D eigenvalue weighted by atomic mass is 10.3. The Morgan fingerprint density at radius 3 is 2.57 bits per heavy atom. The molecule has 2 heterocycles. The molecule has 2 aromatic heterocycles. The second kappa shape index (κ2) is 6.32. The fourth-order valence-corrected chi connectivity index (χ4v) is 3.00. The van der Waals surface area contributed by atoms with Crippen LogP contribution in [-0.4, -0.2) is 29.6 Å². The number of nitrogens with one attached hydrogen (secondary N) is 1. The SMILES string of the molecule is C[Si](C)(C)CCOCc1nc2c(C#N)c(Cl)nc(Cl)c2[nH]1. The van der Waals surface area contributed by atoms with Crippen LogP contribution >= 0.6 is 23.2 Å². The fourth-order valence-electron chi connectivity index (χ4n) is 1.76. The lowest BCUT2D eigenvalue weighted by Crippen LogP contribution is -2.21. The van der Waals surface area contributed by atoms with Gasteiger partial charge in [0.05, 0.1) is 0 Å². The van der Waals surface area contributed by atoms with Gasteiger partial charge in [-0.15, -0.1) is 0 Å². The summed E-state index contributed by atoms with van der Waals surface area (Å²) in [6.07, 6.45) is 0. The van der Waals surface area contributed by atoms with Crippen LogP contribution in [0.3, 0.4) is 0 Å². The maximum Gasteiger partial charge on any atom is 0.156 e. The summed E-state index contributed by atoms with van der Waals surface area (Å²) in [6, 6.07) is 3.08. The van der Waals surface area contributed by atoms with E-state index in [1.165, 1.54) is 0 Å². The minimum Gasteiger partial charge on any atom is -0.374 e. The first-order valence-corrected chi connectivity index (χ1v) is 11.0. The van der Waals surface area contributed by atoms with Gasteiger partial charge in [-0.25, -0.2) is 9.97 Å². The van der Waals surface area contributed by atoms with Crippen LogP contribution in [-0.2, 0) is 11.3 Å². The van der Waals surface area contributed by atoms with Crippen molar-refractivity contribution in [2.45, 2.75) is 32.3 Å². The Morgan fingerprint density at radius 2 is 1.95 bits per heavy atom. The van der Waals surface area contributed by atoms with Crippen LogP contribution in [0, 0.1) is 11.3 Å². The molecule has 0 amide bonds. The molecular weight excluding hydrogens is 327 g/mol. The van der Waals surface area contributed by atoms with E-state index in [1.807, 2.05) is 6.07 Å². The fraction of sp³-hybridized carbons (Fsp3) is 0.462. The number of aromatic nitrogens is 3. The molecule has 0 spiro atoms. The largest absolute Gasteiger partial charge is 0.374 e. The van der Waals surface area contributed by atoms with Gasteiger partial charge in [-0.05, 0) is 6.04 Å². The minimum absolute atomic E-state index is 0.0627. The number of rotatable bonds is 5. The second-order valence-electron chi connectivity index (χ2n) is 5.95. The summed E-state index contributed by atoms with van der Waals surface area (Å²) in [5.74, 6) is 0.614. The smallest absolute Gasteiger partial charge is 0.156 e. The molecule has 5 nitrogen and oxygen atoms in total. The van der Waals surface area contributed by atoms with Gasteiger partial charge < -0.3 is 9.72 Å². The molecule has 0 saturated carbocycles. The first-order chi connectivity index (χ1) is 9.81. The van der Waals surface area contributed by atoms with Crippen molar-refractivity contribution >= 4 is 42.3 Å². The van der Waals surface area contributed by atoms with Crippen LogP contribution in [0.5, 0.6) is 0 Å². The van der Waals surface area contributed by atoms with E-state index in [0.29, 0.717) is 30.1 Å². The Bertz CT molecular complexity index is 703. The van der Waals surface area contributed by atoms with Crippen molar-refractivity contribution in [1.29, 1.82) is 5.26 Å². The van der Waals surface area contributed by atoms with Gasteiger partial charge in [-0.1, -0.05) is 42.8 Å². The topological polar surface area (TPSA) is 74.6 Å². The first kappa shape index (κ1) is 16.2. The quantitative estimate of drug-likeness (QED) is 0.506. The molecule has 112 valence electrons. The average Bonchev–Trinajstić information content (AvgIpc) is 2.78. The maximum absolute atomic E-state index is 9.12. The summed E-state index contributed by atoms with van der Waals surface area (Å²) in [4.78, 5) is 11.3. The van der Waals surface area contributed by atoms with E-state index < -0.39 is 8.07 Å². The summed E-state index contributed by atoms with van der Waals surface area (Å²) in [5.41, 5.74) is 1.17. The number of nitriles is 1. The van der Waals surface area contributed by atoms with Gasteiger partial charge in [0.15, 0.2) is 10.3 Å². The molecule has 0 aliphatic heterocycles. The molecule has 0 aliphatic carbocycles. The van der Waals surface area contributed by atoms with Crippen molar-refractivity contribution in [2.75, 3.05) is 6.61 Å². The first-order valence-electron chi connectivity index (χ1n) is 6.53. The van der Waals surface area contributed by atoms with E-state index in [-0.39, 0.29) is 15.9 Å². The molecule has 0 bridgehead atoms. The van der Waals surface area contributed by atoms with Crippen LogP contribution < -0.4 is 0 Å². The van der Waals surface area contributed by atoms with Gasteiger partial charge in [0.25, 0.3) is 0 Å². The third-order valence-corrected chi connectivity index (χ3v) is 5.20. The molecule has 21 heavy (non-hydrogen) atoms. The molecule has 0 saturated heterocycles. The standard InChI is InChI=1S/C13H16Cl2N4OSi/c1-21(2,3)5-4-20-7-9-17-10-8(6-16)12(14)19-13(15)11(10)18-9/h4-5,7H2,1-3H3,(H,17,18). The van der Waals surface area contributed by atoms with Crippen molar-refractivity contribution < 1.29 is 4.74 Å². The van der Waals surface area contributed by atoms with Gasteiger partial charge in [0.2, 0.25) is 0 Å². The van der Waals surface area contributed by atoms with Gasteiger partial charge >= 0.3 is 0 Å². The Kier molecular flexibility index (Phi) is 4.89. The van der Waals surface area contributed by atoms with E-state index in [0.717, 1.165) is 6.04 Å². The third kappa shape index (κ3) is 3.95. The van der Waals surface area contributed by atoms with Crippen LogP contribution in [0.2, 0.25) is 36.0 Å². The average molecular weight is 343 g/mol. The van der Waals surface area contributed by atoms with Crippen molar-refractivity contribution in [2.24, 2.45) is 0 Å². The molecule has 0 aliphatic rings. The number of hydrogen-bond acceptors (Lipinski definition) is 4. The highest BCUT2D eigenvalue weighted by molar-refractivity contribution is 6.76. The molecule has 2 rings (SSSR count). The summed E-state index contributed by atoms with van der Waals surface area (Å²) in [6.45, 7) is 7.93. The number of nitrogens with zero attached hydrogens (tertiary/aromatic N) is 3. The second-order valence-corrected chi connectivity index (χ2v) is 12.3. The highest BCUT2D eigenvalue weighted by atomic mass is 35.5. The number of ether oxygens (including phenoxy) is 1. The van der Waals surface area contributed by atoms with Crippen LogP contribution in [0.1, 0.15) is 11.4 Å². The number of pyridine rings is 1. The highest BCUT2D eigenvalue weighted by Crippen LogP contribution is 2.27. The monoisotopic (exact) mass is 342 g/mol. The molecule has 8 heteroatoms. The molecule has 2 aromatic rings. The van der Waals surface area contributed by atoms with Gasteiger partial charge in [-0.3, -0.25) is 0 Å². The van der Waals surface area contributed by atoms with E-state index in [2.05, 4.69) is 34.6 Å². The van der Waals surface area contributed by atoms with Gasteiger partial charge in [0.1, 0.15) is 35.1 Å². The molecular formula is C13H16Cl2N4OSi. The third-order valence-electron chi connectivity index (χ3n) is 2.95. The predicted octanol–water partition coefficient (Wildman–Crippen LogP) is 3.99. The van der Waals surface area contributed by atoms with E-state index in [9.17, 15) is 0 Å². The lowest BCUT2D eigenvalue weighted by molar-refractivity contribution is 0.128. The number of fused-ring (bicyclic) bond motifs is 1. The molecule has 0 aromatic carbocycles. The van der Waals surface area contributed by atoms with Crippen LogP contribution in [0.25, 0.3) is 11.0 Å². The zero-order valence-corrected chi connectivity index (χ0v) is 14.6. The summed E-state index contributed by atoms with van der Waals surface area (Å²) < 4.78 is 5.63. The van der Waals surface area contributed by atoms with E-state index >= 15 is 0 Å². The van der Waals surface area contributed by atoms with Crippen molar-refractivity contribution in [3.63, 3.8) is 0 Å². The van der Waals surface area contributed by atoms with E-state index in [4.69, 9.17) is 33.2 Å². The molecule has 1 N–H and O–H groups in total. The minimum atomic E-state index is -1.11. The van der Waals surface area contributed by atoms with Crippen molar-refractivity contribution in [3.05, 3.63) is 21.7 Å². The zero-order valence-electron chi connectivity index (χ0n) is 12.1. The number of H-pyrrole nitrogens is 1. The molecule has 0 radical (unpaired) electrons. The predicted molar refractivity (Wildman–Crippen MR) is 86.4 cm³/mol. The Balaban J connectivity index is 2.16. The Morgan fingerprint density at radius 1 is 1.24 bits per heavy atom. The highest BCUT2D eigenvalue weighted by Gasteiger charge is 2.16. The number of hydrogen-bond donors (Lipinski definition) is 1. The summed E-state index contributed by atoms with van der Waals surface area (Å²) in [5, 5.41) is 9.39. The van der Waals surface area contributed by atoms with Gasteiger partial charge in [0, 0.05) is 14.7 Å². The molecule has 0 unspecified atom stereocenters. The lowest BCUT2D eigenvalue weighted by Gasteiger charge is -2.14. The molecule has 0 atom stereocenters. The Hall–Kier alpha value is -1.13. The summed E-state index contributed by atoms with van der Waals surface area (Å²) >= 11 is 11.9. The number of imidazole rings is 1. The van der Waals surface area contributed by atoms with Gasteiger partial charge in [-0.2, -0.15) is 5.26 Å². The van der Waals surface area contributed by atoms with Crippen molar-refractivity contribution in [1.82, 2.24) is 15.0 Å². The number of halogens is 2. The van der Waals surface area contributed by atoms with Crippen LogP contribution in [0.4, 0.5) is 0 Å². The maximum atomic E-state index is 9.12. The van der Waals surface area contributed by atoms with Crippen molar-refractivity contribution in [3.8, 4) is 6.07 Å². The summed E-state index contributed by atoms with van der Waals surface area (Å²) in [7, 11) is -1.11. The van der Waals surface area contributed by atoms with Crippen LogP contribution in [0.15, 0.2) is 0 Å². The normalized spacial score (nSPS) is 11.8. The number of aromatic amines is 1. The molecule has 0 fully saturated rings. The Labute approximate surface area is 134 Å². The van der Waals surface area contributed by atoms with E-state index in [1.54, 1.807) is 0 Å².